The first kappa shape index (κ1) is 42.0. The summed E-state index contributed by atoms with van der Waals surface area (Å²) in [7, 11) is 0. The van der Waals surface area contributed by atoms with Crippen LogP contribution in [0.15, 0.2) is 120 Å². The first-order valence-corrected chi connectivity index (χ1v) is 20.5. The fourth-order valence-corrected chi connectivity index (χ4v) is 6.84. The van der Waals surface area contributed by atoms with E-state index in [4.69, 9.17) is 30.9 Å². The molecule has 1 aliphatic heterocycles. The van der Waals surface area contributed by atoms with Crippen molar-refractivity contribution in [1.82, 2.24) is 0 Å². The number of benzene rings is 5. The summed E-state index contributed by atoms with van der Waals surface area (Å²) in [6.45, 7) is 17.4. The molecule has 58 heavy (non-hydrogen) atoms. The van der Waals surface area contributed by atoms with Gasteiger partial charge in [0.25, 0.3) is 11.8 Å². The highest BCUT2D eigenvalue weighted by atomic mass is 35.5. The second kappa shape index (κ2) is 17.9. The number of aryl methyl sites for hydroxylation is 1. The lowest BCUT2D eigenvalue weighted by Gasteiger charge is -2.31. The van der Waals surface area contributed by atoms with Gasteiger partial charge in [-0.3, -0.25) is 9.59 Å². The Morgan fingerprint density at radius 3 is 2.19 bits per heavy atom. The summed E-state index contributed by atoms with van der Waals surface area (Å²) < 4.78 is 18.9. The molecule has 0 radical (unpaired) electrons. The number of para-hydroxylation sites is 3. The van der Waals surface area contributed by atoms with Crippen LogP contribution in [0.1, 0.15) is 95.5 Å². The highest BCUT2D eigenvalue weighted by molar-refractivity contribution is 6.32. The Morgan fingerprint density at radius 1 is 0.828 bits per heavy atom. The Hall–Kier alpha value is -5.60. The molecule has 5 aromatic carbocycles. The first-order valence-electron chi connectivity index (χ1n) is 20.1. The average molecular weight is 800 g/mol. The fraction of sp³-hybridized carbons (Fsp3) is 0.327. The van der Waals surface area contributed by atoms with Gasteiger partial charge in [0.05, 0.1) is 11.4 Å². The van der Waals surface area contributed by atoms with Gasteiger partial charge in [-0.05, 0) is 91.1 Å². The number of hydrogen-bond acceptors (Lipinski definition) is 6. The maximum atomic E-state index is 14.4. The zero-order valence-corrected chi connectivity index (χ0v) is 35.5. The number of nitrogens with one attached hydrogen (secondary N) is 1. The van der Waals surface area contributed by atoms with Crippen molar-refractivity contribution in [2.75, 3.05) is 10.3 Å². The molecule has 0 spiro atoms. The summed E-state index contributed by atoms with van der Waals surface area (Å²) in [5.41, 5.74) is 5.74. The van der Waals surface area contributed by atoms with Crippen molar-refractivity contribution >= 4 is 40.5 Å². The summed E-state index contributed by atoms with van der Waals surface area (Å²) >= 11 is 6.82. The summed E-state index contributed by atoms with van der Waals surface area (Å²) in [5.74, 6) is 1.17. The van der Waals surface area contributed by atoms with E-state index in [1.807, 2.05) is 86.6 Å². The lowest BCUT2D eigenvalue weighted by atomic mass is 9.76. The number of rotatable bonds is 16. The minimum atomic E-state index is -1.10. The Kier molecular flexibility index (Phi) is 13.0. The van der Waals surface area contributed by atoms with Crippen LogP contribution in [0.4, 0.5) is 11.4 Å². The predicted molar refractivity (Wildman–Crippen MR) is 235 cm³/mol. The van der Waals surface area contributed by atoms with E-state index in [9.17, 15) is 9.59 Å². The zero-order valence-electron chi connectivity index (χ0n) is 34.8. The lowest BCUT2D eigenvalue weighted by molar-refractivity contribution is -0.123. The molecular weight excluding hydrogens is 746 g/mol. The smallest absolute Gasteiger partial charge is 0.294 e. The third-order valence-electron chi connectivity index (χ3n) is 11.2. The van der Waals surface area contributed by atoms with Crippen molar-refractivity contribution in [3.63, 3.8) is 0 Å². The second-order valence-corrected chi connectivity index (χ2v) is 16.5. The maximum absolute atomic E-state index is 14.4. The number of amides is 2. The molecule has 6 rings (SSSR count). The summed E-state index contributed by atoms with van der Waals surface area (Å²) in [5, 5.41) is 9.67. The summed E-state index contributed by atoms with van der Waals surface area (Å²) in [6, 6.07) is 36.0. The van der Waals surface area contributed by atoms with E-state index >= 15 is 0 Å². The van der Waals surface area contributed by atoms with E-state index in [-0.39, 0.29) is 23.3 Å². The Morgan fingerprint density at radius 2 is 1.52 bits per heavy atom. The van der Waals surface area contributed by atoms with Gasteiger partial charge in [0.2, 0.25) is 6.10 Å². The van der Waals surface area contributed by atoms with Gasteiger partial charge < -0.3 is 19.5 Å². The van der Waals surface area contributed by atoms with Crippen molar-refractivity contribution in [3.05, 3.63) is 148 Å². The molecule has 0 fully saturated rings. The number of hydrazone groups is 1. The van der Waals surface area contributed by atoms with Crippen LogP contribution in [0, 0.1) is 6.92 Å². The van der Waals surface area contributed by atoms with E-state index in [1.165, 1.54) is 10.6 Å². The van der Waals surface area contributed by atoms with Crippen LogP contribution in [0.25, 0.3) is 0 Å². The van der Waals surface area contributed by atoms with E-state index in [1.54, 1.807) is 30.3 Å². The predicted octanol–water partition coefficient (Wildman–Crippen LogP) is 11.6. The topological polar surface area (TPSA) is 89.5 Å². The first-order chi connectivity index (χ1) is 27.7. The largest absolute Gasteiger partial charge is 0.489 e. The number of nitrogens with zero attached hydrogens (tertiary/aromatic N) is 2. The maximum Gasteiger partial charge on any atom is 0.294 e. The molecule has 2 amide bonds. The summed E-state index contributed by atoms with van der Waals surface area (Å²) in [6.07, 6.45) is 0.416. The standard InChI is InChI=1S/C49H54ClN3O5/c1-9-42(58-43-28-25-35(48(5,6)10-2)30-38(43)49(7,8)11-3)46(54)51-40-19-15-16-20-41(40)53-47(55)45(57-37-26-21-32(4)22-27-37)44(52-53)33-23-24-34(39(50)29-33)31-56-36-17-13-12-14-18-36/h12-30,42,45H,9-11,31H2,1-8H3,(H,51,54). The van der Waals surface area contributed by atoms with Crippen LogP contribution in [0.3, 0.4) is 0 Å². The average Bonchev–Trinajstić information content (AvgIpc) is 3.55. The highest BCUT2D eigenvalue weighted by Crippen LogP contribution is 2.39. The second-order valence-electron chi connectivity index (χ2n) is 16.1. The minimum Gasteiger partial charge on any atom is -0.489 e. The van der Waals surface area contributed by atoms with Crippen LogP contribution < -0.4 is 24.5 Å². The number of hydrogen-bond donors (Lipinski definition) is 1. The number of carbonyl (C=O) groups is 2. The van der Waals surface area contributed by atoms with Crippen molar-refractivity contribution in [2.24, 2.45) is 5.10 Å². The van der Waals surface area contributed by atoms with Crippen molar-refractivity contribution in [3.8, 4) is 17.2 Å². The van der Waals surface area contributed by atoms with Crippen LogP contribution in [0.5, 0.6) is 17.2 Å². The van der Waals surface area contributed by atoms with Gasteiger partial charge in [0.1, 0.15) is 29.6 Å². The molecule has 2 unspecified atom stereocenters. The van der Waals surface area contributed by atoms with Crippen molar-refractivity contribution < 1.29 is 23.8 Å². The van der Waals surface area contributed by atoms with E-state index in [0.717, 1.165) is 35.3 Å². The summed E-state index contributed by atoms with van der Waals surface area (Å²) in [4.78, 5) is 28.5. The Balaban J connectivity index is 1.29. The van der Waals surface area contributed by atoms with Crippen LogP contribution in [-0.4, -0.2) is 29.7 Å². The highest BCUT2D eigenvalue weighted by Gasteiger charge is 2.41. The Labute approximate surface area is 348 Å². The Bertz CT molecular complexity index is 2270. The van der Waals surface area contributed by atoms with Crippen molar-refractivity contribution in [1.29, 1.82) is 0 Å². The molecule has 1 N–H and O–H groups in total. The number of halogens is 1. The molecule has 0 saturated heterocycles. The molecule has 302 valence electrons. The van der Waals surface area contributed by atoms with Gasteiger partial charge in [-0.2, -0.15) is 10.1 Å². The molecule has 1 heterocycles. The number of ether oxygens (including phenoxy) is 3. The molecule has 0 saturated carbocycles. The molecule has 9 heteroatoms. The lowest BCUT2D eigenvalue weighted by Crippen LogP contribution is -2.37. The minimum absolute atomic E-state index is 0.00488. The van der Waals surface area contributed by atoms with Crippen LogP contribution in [0.2, 0.25) is 5.02 Å². The van der Waals surface area contributed by atoms with Crippen LogP contribution in [-0.2, 0) is 27.0 Å². The quantitative estimate of drug-likeness (QED) is 0.107. The molecule has 0 bridgehead atoms. The molecule has 1 aliphatic rings. The monoisotopic (exact) mass is 799 g/mol. The number of anilines is 2. The van der Waals surface area contributed by atoms with Gasteiger partial charge in [-0.15, -0.1) is 0 Å². The zero-order chi connectivity index (χ0) is 41.6. The molecule has 5 aromatic rings. The SMILES string of the molecule is CCC(Oc1ccc(C(C)(C)CC)cc1C(C)(C)CC)C(=O)Nc1ccccc1N1N=C(c2ccc(COc3ccccc3)c(Cl)c2)C(Oc2ccc(C)cc2)C1=O. The van der Waals surface area contributed by atoms with Crippen molar-refractivity contribution in [2.45, 2.75) is 104 Å². The fourth-order valence-electron chi connectivity index (χ4n) is 6.61. The van der Waals surface area contributed by atoms with Gasteiger partial charge in [0.15, 0.2) is 6.10 Å². The molecule has 2 atom stereocenters. The molecule has 8 nitrogen and oxygen atoms in total. The molecule has 0 aromatic heterocycles. The normalized spacial score (nSPS) is 14.8. The number of carbonyl (C=O) groups excluding carboxylic acids is 2. The third-order valence-corrected chi connectivity index (χ3v) is 11.6. The van der Waals surface area contributed by atoms with E-state index in [0.29, 0.717) is 45.6 Å². The van der Waals surface area contributed by atoms with Gasteiger partial charge in [-0.1, -0.05) is 132 Å². The molecular formula is C49H54ClN3O5. The van der Waals surface area contributed by atoms with E-state index < -0.39 is 18.1 Å². The molecule has 0 aliphatic carbocycles. The van der Waals surface area contributed by atoms with Gasteiger partial charge in [-0.25, -0.2) is 0 Å². The van der Waals surface area contributed by atoms with Gasteiger partial charge >= 0.3 is 0 Å². The third kappa shape index (κ3) is 9.40. The van der Waals surface area contributed by atoms with Gasteiger partial charge in [0, 0.05) is 21.7 Å². The van der Waals surface area contributed by atoms with Crippen LogP contribution >= 0.6 is 11.6 Å². The van der Waals surface area contributed by atoms with E-state index in [2.05, 4.69) is 59.0 Å².